The molecule has 0 spiro atoms. The zero-order chi connectivity index (χ0) is 20.7. The van der Waals surface area contributed by atoms with Gasteiger partial charge >= 0.3 is 0 Å². The zero-order valence-electron chi connectivity index (χ0n) is 18.1. The number of hydrogen-bond donors (Lipinski definition) is 3. The van der Waals surface area contributed by atoms with Crippen LogP contribution in [0, 0.1) is 23.7 Å². The van der Waals surface area contributed by atoms with E-state index in [4.69, 9.17) is 0 Å². The summed E-state index contributed by atoms with van der Waals surface area (Å²) in [7, 11) is 3.53. The van der Waals surface area contributed by atoms with E-state index < -0.39 is 6.10 Å². The number of nitrogens with zero attached hydrogens (tertiary/aromatic N) is 1. The minimum atomic E-state index is -0.425. The summed E-state index contributed by atoms with van der Waals surface area (Å²) in [6.07, 6.45) is 11.6. The Bertz CT molecular complexity index is 558. The smallest absolute Gasteiger partial charge is 0.236 e. The van der Waals surface area contributed by atoms with Crippen molar-refractivity contribution in [3.05, 3.63) is 23.8 Å². The molecule has 2 aliphatic rings. The minimum Gasteiger partial charge on any atom is -0.392 e. The van der Waals surface area contributed by atoms with Crippen LogP contribution >= 0.6 is 0 Å². The second kappa shape index (κ2) is 11.1. The van der Waals surface area contributed by atoms with Gasteiger partial charge in [-0.2, -0.15) is 0 Å². The molecule has 6 atom stereocenters. The molecule has 2 rings (SSSR count). The highest BCUT2D eigenvalue weighted by molar-refractivity contribution is 5.77. The van der Waals surface area contributed by atoms with Crippen LogP contribution in [0.2, 0.25) is 0 Å². The number of aliphatic hydroxyl groups is 2. The number of unbranched alkanes of at least 4 members (excludes halogenated alkanes) is 1. The lowest BCUT2D eigenvalue weighted by Crippen LogP contribution is -2.33. The lowest BCUT2D eigenvalue weighted by Gasteiger charge is -2.19. The Morgan fingerprint density at radius 1 is 1.43 bits per heavy atom. The molecule has 0 aliphatic heterocycles. The van der Waals surface area contributed by atoms with E-state index in [-0.39, 0.29) is 17.9 Å². The largest absolute Gasteiger partial charge is 0.392 e. The van der Waals surface area contributed by atoms with E-state index >= 15 is 0 Å². The quantitative estimate of drug-likeness (QED) is 0.473. The Labute approximate surface area is 170 Å². The maximum Gasteiger partial charge on any atom is 0.236 e. The van der Waals surface area contributed by atoms with E-state index in [1.165, 1.54) is 18.4 Å². The van der Waals surface area contributed by atoms with E-state index in [0.29, 0.717) is 24.3 Å². The third-order valence-corrected chi connectivity index (χ3v) is 6.33. The van der Waals surface area contributed by atoms with Crippen molar-refractivity contribution in [2.45, 2.75) is 64.6 Å². The molecular weight excluding hydrogens is 352 g/mol. The normalized spacial score (nSPS) is 29.0. The van der Waals surface area contributed by atoms with Crippen LogP contribution in [0.15, 0.2) is 23.8 Å². The van der Waals surface area contributed by atoms with Gasteiger partial charge in [0.15, 0.2) is 0 Å². The molecule has 0 heterocycles. The molecule has 0 aromatic heterocycles. The van der Waals surface area contributed by atoms with Crippen LogP contribution in [0.1, 0.15) is 52.4 Å². The number of hydrogen-bond acceptors (Lipinski definition) is 4. The van der Waals surface area contributed by atoms with Crippen LogP contribution in [-0.4, -0.2) is 60.4 Å². The van der Waals surface area contributed by atoms with Gasteiger partial charge in [0.05, 0.1) is 18.8 Å². The number of fused-ring (bicyclic) bond motifs is 1. The van der Waals surface area contributed by atoms with E-state index in [1.807, 2.05) is 6.08 Å². The fourth-order valence-electron chi connectivity index (χ4n) is 4.64. The van der Waals surface area contributed by atoms with Gasteiger partial charge in [-0.05, 0) is 37.0 Å². The molecule has 1 fully saturated rings. The predicted octanol–water partition coefficient (Wildman–Crippen LogP) is 2.74. The third-order valence-electron chi connectivity index (χ3n) is 6.33. The van der Waals surface area contributed by atoms with E-state index in [1.54, 1.807) is 19.0 Å². The monoisotopic (exact) mass is 392 g/mol. The molecular formula is C23H40N2O3. The lowest BCUT2D eigenvalue weighted by molar-refractivity contribution is -0.127. The summed E-state index contributed by atoms with van der Waals surface area (Å²) in [5, 5.41) is 24.0. The first kappa shape index (κ1) is 23.1. The van der Waals surface area contributed by atoms with Gasteiger partial charge in [-0.15, -0.1) is 0 Å². The third kappa shape index (κ3) is 6.71. The van der Waals surface area contributed by atoms with Gasteiger partial charge in [-0.3, -0.25) is 4.79 Å². The zero-order valence-corrected chi connectivity index (χ0v) is 18.1. The molecule has 0 aromatic rings. The standard InChI is InChI=1S/C23H40N2O3/c1-5-6-7-16(2)10-19(26)8-9-20-21-12-17(11-18(21)13-22(20)27)14-24-15-23(28)25(3)4/h8-9,11,16,18-22,24,26-27H,5-7,10,12-15H2,1-4H3/t16-,18-,19+,20+,21-,22+/m0/s1. The molecule has 0 radical (unpaired) electrons. The maximum atomic E-state index is 11.7. The summed E-state index contributed by atoms with van der Waals surface area (Å²) in [6, 6.07) is 0. The molecule has 0 aromatic carbocycles. The molecule has 0 bridgehead atoms. The Kier molecular flexibility index (Phi) is 9.19. The molecule has 3 N–H and O–H groups in total. The first-order valence-electron chi connectivity index (χ1n) is 11.0. The van der Waals surface area contributed by atoms with Crippen molar-refractivity contribution < 1.29 is 15.0 Å². The molecule has 1 amide bonds. The summed E-state index contributed by atoms with van der Waals surface area (Å²) in [6.45, 7) is 5.49. The highest BCUT2D eigenvalue weighted by Crippen LogP contribution is 2.47. The number of carbonyl (C=O) groups excluding carboxylic acids is 1. The fourth-order valence-corrected chi connectivity index (χ4v) is 4.64. The van der Waals surface area contributed by atoms with E-state index in [9.17, 15) is 15.0 Å². The van der Waals surface area contributed by atoms with E-state index in [0.717, 1.165) is 32.2 Å². The average molecular weight is 393 g/mol. The van der Waals surface area contributed by atoms with Gasteiger partial charge in [0, 0.05) is 26.6 Å². The minimum absolute atomic E-state index is 0.0807. The highest BCUT2D eigenvalue weighted by atomic mass is 16.3. The Balaban J connectivity index is 1.80. The number of nitrogens with one attached hydrogen (secondary N) is 1. The lowest BCUT2D eigenvalue weighted by atomic mass is 9.88. The summed E-state index contributed by atoms with van der Waals surface area (Å²) >= 11 is 0. The number of likely N-dealkylation sites (N-methyl/N-ethyl adjacent to an activating group) is 1. The molecule has 5 heteroatoms. The topological polar surface area (TPSA) is 72.8 Å². The van der Waals surface area contributed by atoms with Crippen LogP contribution in [-0.2, 0) is 4.79 Å². The van der Waals surface area contributed by atoms with Crippen molar-refractivity contribution >= 4 is 5.91 Å². The second-order valence-electron chi connectivity index (χ2n) is 9.06. The first-order chi connectivity index (χ1) is 13.3. The number of amides is 1. The van der Waals surface area contributed by atoms with Crippen molar-refractivity contribution in [1.82, 2.24) is 10.2 Å². The van der Waals surface area contributed by atoms with Gasteiger partial charge in [0.2, 0.25) is 5.91 Å². The van der Waals surface area contributed by atoms with Crippen molar-refractivity contribution in [1.29, 1.82) is 0 Å². The Morgan fingerprint density at radius 3 is 2.86 bits per heavy atom. The highest BCUT2D eigenvalue weighted by Gasteiger charge is 2.43. The van der Waals surface area contributed by atoms with Gasteiger partial charge in [0.1, 0.15) is 0 Å². The van der Waals surface area contributed by atoms with Crippen molar-refractivity contribution in [2.24, 2.45) is 23.7 Å². The van der Waals surface area contributed by atoms with Gasteiger partial charge < -0.3 is 20.4 Å². The van der Waals surface area contributed by atoms with Crippen LogP contribution in [0.5, 0.6) is 0 Å². The van der Waals surface area contributed by atoms with E-state index in [2.05, 4.69) is 31.3 Å². The van der Waals surface area contributed by atoms with Crippen LogP contribution in [0.4, 0.5) is 0 Å². The van der Waals surface area contributed by atoms with Crippen LogP contribution in [0.3, 0.4) is 0 Å². The Morgan fingerprint density at radius 2 is 2.18 bits per heavy atom. The summed E-state index contributed by atoms with van der Waals surface area (Å²) in [5.74, 6) is 1.54. The van der Waals surface area contributed by atoms with Crippen molar-refractivity contribution in [3.8, 4) is 0 Å². The van der Waals surface area contributed by atoms with Gasteiger partial charge in [0.25, 0.3) is 0 Å². The number of aliphatic hydroxyl groups excluding tert-OH is 2. The van der Waals surface area contributed by atoms with Gasteiger partial charge in [-0.1, -0.05) is 56.9 Å². The van der Waals surface area contributed by atoms with Crippen LogP contribution < -0.4 is 5.32 Å². The second-order valence-corrected chi connectivity index (χ2v) is 9.06. The molecule has 5 nitrogen and oxygen atoms in total. The molecule has 0 saturated heterocycles. The van der Waals surface area contributed by atoms with Crippen molar-refractivity contribution in [3.63, 3.8) is 0 Å². The number of rotatable bonds is 11. The maximum absolute atomic E-state index is 11.7. The number of allylic oxidation sites excluding steroid dienone is 1. The molecule has 0 unspecified atom stereocenters. The molecule has 2 aliphatic carbocycles. The summed E-state index contributed by atoms with van der Waals surface area (Å²) in [4.78, 5) is 13.3. The number of carbonyl (C=O) groups is 1. The first-order valence-corrected chi connectivity index (χ1v) is 11.0. The molecule has 160 valence electrons. The predicted molar refractivity (Wildman–Crippen MR) is 114 cm³/mol. The summed E-state index contributed by atoms with van der Waals surface area (Å²) < 4.78 is 0. The van der Waals surface area contributed by atoms with Gasteiger partial charge in [-0.25, -0.2) is 0 Å². The average Bonchev–Trinajstić information content (AvgIpc) is 3.14. The Hall–Kier alpha value is -1.17. The summed E-state index contributed by atoms with van der Waals surface area (Å²) in [5.41, 5.74) is 1.33. The SMILES string of the molecule is CCCC[C@H](C)C[C@H](O)C=C[C@@H]1[C@H]2CC(CNCC(=O)N(C)C)=C[C@H]2C[C@H]1O. The molecule has 1 saturated carbocycles. The van der Waals surface area contributed by atoms with Crippen LogP contribution in [0.25, 0.3) is 0 Å². The fraction of sp³-hybridized carbons (Fsp3) is 0.783. The van der Waals surface area contributed by atoms with Crippen molar-refractivity contribution in [2.75, 3.05) is 27.2 Å². The molecule has 28 heavy (non-hydrogen) atoms.